The van der Waals surface area contributed by atoms with E-state index in [1.165, 1.54) is 19.1 Å². The van der Waals surface area contributed by atoms with Gasteiger partial charge >= 0.3 is 6.01 Å². The van der Waals surface area contributed by atoms with E-state index >= 15 is 0 Å². The topological polar surface area (TPSA) is 112 Å². The van der Waals surface area contributed by atoms with Crippen molar-refractivity contribution < 1.29 is 9.84 Å². The molecule has 1 aromatic heterocycles. The summed E-state index contributed by atoms with van der Waals surface area (Å²) < 4.78 is 6.48. The van der Waals surface area contributed by atoms with Crippen LogP contribution in [0.15, 0.2) is 59.8 Å². The molecule has 4 aromatic rings. The van der Waals surface area contributed by atoms with Gasteiger partial charge in [-0.15, -0.1) is 0 Å². The lowest BCUT2D eigenvalue weighted by Crippen LogP contribution is -2.43. The fraction of sp³-hybridized carbons (Fsp3) is 0.364. The van der Waals surface area contributed by atoms with Crippen molar-refractivity contribution in [3.8, 4) is 22.9 Å². The summed E-state index contributed by atoms with van der Waals surface area (Å²) in [4.78, 5) is 14.8. The molecule has 0 bridgehead atoms. The number of aryl methyl sites for hydroxylation is 1. The first-order valence-corrected chi connectivity index (χ1v) is 14.6. The zero-order valence-electron chi connectivity index (χ0n) is 23.5. The van der Waals surface area contributed by atoms with Crippen LogP contribution in [-0.4, -0.2) is 64.5 Å². The molecule has 4 heterocycles. The van der Waals surface area contributed by atoms with Crippen molar-refractivity contribution in [2.75, 3.05) is 37.7 Å². The zero-order valence-corrected chi connectivity index (χ0v) is 23.5. The van der Waals surface area contributed by atoms with Gasteiger partial charge in [0.25, 0.3) is 0 Å². The summed E-state index contributed by atoms with van der Waals surface area (Å²) in [6.45, 7) is 6.18. The Kier molecular flexibility index (Phi) is 6.31. The number of nitrogens with zero attached hydrogens (tertiary/aromatic N) is 4. The maximum absolute atomic E-state index is 10.6. The summed E-state index contributed by atoms with van der Waals surface area (Å²) >= 11 is 0. The molecule has 3 aromatic carbocycles. The van der Waals surface area contributed by atoms with Crippen molar-refractivity contribution in [2.45, 2.75) is 44.6 Å². The molecule has 8 nitrogen and oxygen atoms in total. The SMILES string of the molecule is Cc1c(-c2cc(O)cc3ccccc23)ccc2c(N3CCC(C=N)=C(N)C3)nc(OCC34CCCN3CCC4)nc12. The fourth-order valence-corrected chi connectivity index (χ4v) is 7.22. The van der Waals surface area contributed by atoms with Gasteiger partial charge in [0.05, 0.1) is 17.6 Å². The summed E-state index contributed by atoms with van der Waals surface area (Å²) in [5, 5.41) is 21.3. The van der Waals surface area contributed by atoms with Gasteiger partial charge in [-0.2, -0.15) is 9.97 Å². The highest BCUT2D eigenvalue weighted by Crippen LogP contribution is 2.41. The minimum atomic E-state index is 0.0903. The molecule has 0 atom stereocenters. The molecule has 3 aliphatic rings. The lowest BCUT2D eigenvalue weighted by atomic mass is 9.93. The number of nitrogens with one attached hydrogen (secondary N) is 1. The number of aromatic nitrogens is 2. The van der Waals surface area contributed by atoms with Gasteiger partial charge in [-0.3, -0.25) is 4.90 Å². The quantitative estimate of drug-likeness (QED) is 0.271. The van der Waals surface area contributed by atoms with Crippen LogP contribution in [0.2, 0.25) is 0 Å². The first-order chi connectivity index (χ1) is 20.0. The van der Waals surface area contributed by atoms with E-state index in [0.717, 1.165) is 75.7 Å². The number of aromatic hydroxyl groups is 1. The maximum atomic E-state index is 10.6. The van der Waals surface area contributed by atoms with E-state index in [4.69, 9.17) is 25.8 Å². The third-order valence-electron chi connectivity index (χ3n) is 9.40. The molecule has 0 saturated carbocycles. The Morgan fingerprint density at radius 1 is 1.02 bits per heavy atom. The molecular weight excluding hydrogens is 512 g/mol. The third kappa shape index (κ3) is 4.37. The average Bonchev–Trinajstić information content (AvgIpc) is 3.56. The smallest absolute Gasteiger partial charge is 0.319 e. The molecule has 210 valence electrons. The van der Waals surface area contributed by atoms with Crippen LogP contribution in [0.5, 0.6) is 11.8 Å². The normalized spacial score (nSPS) is 18.8. The van der Waals surface area contributed by atoms with Crippen LogP contribution in [0.1, 0.15) is 37.7 Å². The van der Waals surface area contributed by atoms with Crippen molar-refractivity contribution in [1.29, 1.82) is 5.41 Å². The Morgan fingerprint density at radius 2 is 1.83 bits per heavy atom. The molecule has 2 fully saturated rings. The molecule has 0 unspecified atom stereocenters. The van der Waals surface area contributed by atoms with Crippen LogP contribution in [0.25, 0.3) is 32.8 Å². The van der Waals surface area contributed by atoms with Gasteiger partial charge < -0.3 is 25.9 Å². The number of phenolic OH excluding ortho intramolecular Hbond substituents is 1. The second kappa shape index (κ2) is 10.0. The van der Waals surface area contributed by atoms with Crippen LogP contribution in [0.3, 0.4) is 0 Å². The van der Waals surface area contributed by atoms with Crippen molar-refractivity contribution in [3.63, 3.8) is 0 Å². The highest BCUT2D eigenvalue weighted by atomic mass is 16.5. The van der Waals surface area contributed by atoms with Gasteiger partial charge in [0.15, 0.2) is 0 Å². The van der Waals surface area contributed by atoms with E-state index in [1.54, 1.807) is 6.07 Å². The second-order valence-electron chi connectivity index (χ2n) is 11.8. The molecule has 0 aliphatic carbocycles. The van der Waals surface area contributed by atoms with E-state index in [0.29, 0.717) is 37.8 Å². The monoisotopic (exact) mass is 548 g/mol. The predicted molar refractivity (Wildman–Crippen MR) is 164 cm³/mol. The van der Waals surface area contributed by atoms with Crippen LogP contribution in [0.4, 0.5) is 5.82 Å². The van der Waals surface area contributed by atoms with Crippen molar-refractivity contribution in [1.82, 2.24) is 14.9 Å². The standard InChI is InChI=1S/C33H36N6O2/c1-21-25(28-17-24(40)16-22-6-2-3-7-26(22)28)8-9-27-30(21)36-32(41-20-33-11-4-13-39(33)14-5-12-33)37-31(27)38-15-10-23(18-34)29(35)19-38/h2-3,6-9,16-18,34,40H,4-5,10-15,19-20,35H2,1H3. The van der Waals surface area contributed by atoms with Crippen molar-refractivity contribution >= 4 is 33.7 Å². The average molecular weight is 549 g/mol. The number of phenols is 1. The molecule has 0 radical (unpaired) electrons. The number of ether oxygens (including phenoxy) is 1. The number of rotatable bonds is 6. The van der Waals surface area contributed by atoms with Crippen LogP contribution in [0, 0.1) is 12.3 Å². The number of hydrogen-bond donors (Lipinski definition) is 3. The molecule has 3 aliphatic heterocycles. The molecule has 4 N–H and O–H groups in total. The third-order valence-corrected chi connectivity index (χ3v) is 9.40. The lowest BCUT2D eigenvalue weighted by molar-refractivity contribution is 0.108. The predicted octanol–water partition coefficient (Wildman–Crippen LogP) is 5.54. The van der Waals surface area contributed by atoms with E-state index < -0.39 is 0 Å². The van der Waals surface area contributed by atoms with Gasteiger partial charge in [-0.1, -0.05) is 30.3 Å². The second-order valence-corrected chi connectivity index (χ2v) is 11.8. The van der Waals surface area contributed by atoms with Crippen molar-refractivity contribution in [3.05, 3.63) is 65.4 Å². The van der Waals surface area contributed by atoms with Gasteiger partial charge in [0.1, 0.15) is 18.2 Å². The van der Waals surface area contributed by atoms with Crippen LogP contribution >= 0.6 is 0 Å². The van der Waals surface area contributed by atoms with E-state index in [2.05, 4.69) is 34.9 Å². The number of benzene rings is 3. The van der Waals surface area contributed by atoms with Crippen LogP contribution in [-0.2, 0) is 0 Å². The largest absolute Gasteiger partial charge is 0.508 e. The number of hydrogen-bond acceptors (Lipinski definition) is 8. The Balaban J connectivity index is 1.36. The zero-order chi connectivity index (χ0) is 28.1. The molecular formula is C33H36N6O2. The Hall–Kier alpha value is -4.17. The Morgan fingerprint density at radius 3 is 2.61 bits per heavy atom. The molecule has 2 saturated heterocycles. The van der Waals surface area contributed by atoms with Crippen molar-refractivity contribution in [2.24, 2.45) is 5.73 Å². The highest BCUT2D eigenvalue weighted by molar-refractivity contribution is 6.02. The fourth-order valence-electron chi connectivity index (χ4n) is 7.22. The van der Waals surface area contributed by atoms with Gasteiger partial charge in [0.2, 0.25) is 0 Å². The summed E-state index contributed by atoms with van der Waals surface area (Å²) in [5.74, 6) is 1.04. The Labute approximate surface area is 240 Å². The van der Waals surface area contributed by atoms with Crippen LogP contribution < -0.4 is 15.4 Å². The summed E-state index contributed by atoms with van der Waals surface area (Å²) in [7, 11) is 0. The summed E-state index contributed by atoms with van der Waals surface area (Å²) in [6, 6.07) is 16.3. The Bertz CT molecular complexity index is 1700. The molecule has 41 heavy (non-hydrogen) atoms. The lowest BCUT2D eigenvalue weighted by Gasteiger charge is -2.32. The molecule has 0 amide bonds. The van der Waals surface area contributed by atoms with Gasteiger partial charge in [0, 0.05) is 23.8 Å². The summed E-state index contributed by atoms with van der Waals surface area (Å²) in [5.41, 5.74) is 11.9. The minimum Gasteiger partial charge on any atom is -0.508 e. The highest BCUT2D eigenvalue weighted by Gasteiger charge is 2.45. The first kappa shape index (κ1) is 25.8. The number of anilines is 1. The molecule has 0 spiro atoms. The van der Waals surface area contributed by atoms with Gasteiger partial charge in [-0.25, -0.2) is 0 Å². The van der Waals surface area contributed by atoms with E-state index in [9.17, 15) is 5.11 Å². The minimum absolute atomic E-state index is 0.0903. The molecule has 8 heteroatoms. The number of nitrogens with two attached hydrogens (primary N) is 1. The maximum Gasteiger partial charge on any atom is 0.319 e. The molecule has 7 rings (SSSR count). The van der Waals surface area contributed by atoms with E-state index in [1.807, 2.05) is 24.3 Å². The summed E-state index contributed by atoms with van der Waals surface area (Å²) in [6.07, 6.45) is 6.79. The number of fused-ring (bicyclic) bond motifs is 3. The van der Waals surface area contributed by atoms with E-state index in [-0.39, 0.29) is 11.3 Å². The first-order valence-electron chi connectivity index (χ1n) is 14.6. The van der Waals surface area contributed by atoms with Gasteiger partial charge in [-0.05, 0) is 103 Å².